The zero-order valence-electron chi connectivity index (χ0n) is 27.2. The van der Waals surface area contributed by atoms with Gasteiger partial charge in [-0.05, 0) is 98.8 Å². The fraction of sp³-hybridized carbons (Fsp3) is 0.421. The Balaban J connectivity index is 1.39. The molecule has 45 heavy (non-hydrogen) atoms. The van der Waals surface area contributed by atoms with E-state index in [0.717, 1.165) is 67.7 Å². The van der Waals surface area contributed by atoms with Gasteiger partial charge in [0.05, 0.1) is 12.3 Å². The quantitative estimate of drug-likeness (QED) is 0.0847. The maximum atomic E-state index is 13.9. The van der Waals surface area contributed by atoms with Gasteiger partial charge in [0.1, 0.15) is 12.4 Å². The number of carbonyl (C=O) groups excluding carboxylic acids is 2. The van der Waals surface area contributed by atoms with E-state index in [9.17, 15) is 9.59 Å². The number of ketones is 1. The van der Waals surface area contributed by atoms with Crippen LogP contribution in [0.1, 0.15) is 92.9 Å². The summed E-state index contributed by atoms with van der Waals surface area (Å²) in [6, 6.07) is 22.8. The van der Waals surface area contributed by atoms with Gasteiger partial charge in [-0.3, -0.25) is 10.1 Å². The van der Waals surface area contributed by atoms with Crippen LogP contribution in [-0.4, -0.2) is 47.4 Å². The van der Waals surface area contributed by atoms with Crippen molar-refractivity contribution in [2.75, 3.05) is 31.6 Å². The first-order valence-electron chi connectivity index (χ1n) is 16.6. The molecule has 0 unspecified atom stereocenters. The van der Waals surface area contributed by atoms with Gasteiger partial charge in [0, 0.05) is 29.5 Å². The molecule has 2 heterocycles. The van der Waals surface area contributed by atoms with Crippen LogP contribution in [0.5, 0.6) is 5.75 Å². The lowest BCUT2D eigenvalue weighted by Crippen LogP contribution is -2.28. The molecule has 0 radical (unpaired) electrons. The van der Waals surface area contributed by atoms with Crippen molar-refractivity contribution in [2.45, 2.75) is 78.7 Å². The SMILES string of the molecule is CCCCc1cc2cc(NC(=O)OCc3ccccc3)ccn2c1C(=O)c1ccc(OCCCN(CCCC)CCCC)cc1. The lowest BCUT2D eigenvalue weighted by atomic mass is 10.0. The molecule has 0 aliphatic carbocycles. The van der Waals surface area contributed by atoms with E-state index in [1.165, 1.54) is 25.7 Å². The summed E-state index contributed by atoms with van der Waals surface area (Å²) in [6.07, 6.45) is 10.0. The normalized spacial score (nSPS) is 11.2. The van der Waals surface area contributed by atoms with Crippen LogP contribution in [0.2, 0.25) is 0 Å². The highest BCUT2D eigenvalue weighted by Gasteiger charge is 2.20. The van der Waals surface area contributed by atoms with Gasteiger partial charge in [0.2, 0.25) is 5.78 Å². The first-order valence-corrected chi connectivity index (χ1v) is 16.6. The van der Waals surface area contributed by atoms with Gasteiger partial charge in [-0.2, -0.15) is 0 Å². The molecular formula is C38H49N3O4. The Labute approximate surface area is 268 Å². The maximum absolute atomic E-state index is 13.9. The van der Waals surface area contributed by atoms with E-state index in [0.29, 0.717) is 23.6 Å². The second kappa shape index (κ2) is 18.0. The molecule has 2 aromatic heterocycles. The Kier molecular flexibility index (Phi) is 13.5. The first kappa shape index (κ1) is 33.8. The number of unbranched alkanes of at least 4 members (excludes halogenated alkanes) is 3. The van der Waals surface area contributed by atoms with Gasteiger partial charge < -0.3 is 18.8 Å². The van der Waals surface area contributed by atoms with Crippen molar-refractivity contribution in [2.24, 2.45) is 0 Å². The highest BCUT2D eigenvalue weighted by Crippen LogP contribution is 2.25. The summed E-state index contributed by atoms with van der Waals surface area (Å²) in [6.45, 7) is 10.8. The van der Waals surface area contributed by atoms with Crippen molar-refractivity contribution in [1.82, 2.24) is 9.30 Å². The Hall–Kier alpha value is -4.10. The largest absolute Gasteiger partial charge is 0.494 e. The van der Waals surface area contributed by atoms with Crippen molar-refractivity contribution in [1.29, 1.82) is 0 Å². The van der Waals surface area contributed by atoms with Crippen LogP contribution in [0.4, 0.5) is 10.5 Å². The number of hydrogen-bond acceptors (Lipinski definition) is 5. The van der Waals surface area contributed by atoms with E-state index in [2.05, 4.69) is 31.0 Å². The standard InChI is InChI=1S/C38H49N3O4/c1-4-7-16-32-27-34-28-33(39-38(43)45-29-30-14-11-10-12-15-30)21-25-41(34)36(32)37(42)31-17-19-35(20-18-31)44-26-13-24-40(22-8-5-2)23-9-6-3/h10-12,14-15,17-21,25,27-28H,4-9,13,16,22-24,26,29H2,1-3H3,(H,39,43). The average molecular weight is 612 g/mol. The summed E-state index contributed by atoms with van der Waals surface area (Å²) in [5, 5.41) is 2.81. The van der Waals surface area contributed by atoms with E-state index in [-0.39, 0.29) is 12.4 Å². The van der Waals surface area contributed by atoms with Crippen LogP contribution >= 0.6 is 0 Å². The van der Waals surface area contributed by atoms with E-state index in [1.54, 1.807) is 6.07 Å². The smallest absolute Gasteiger partial charge is 0.411 e. The molecule has 4 rings (SSSR count). The van der Waals surface area contributed by atoms with Crippen molar-refractivity contribution in [3.8, 4) is 5.75 Å². The summed E-state index contributed by atoms with van der Waals surface area (Å²) in [7, 11) is 0. The lowest BCUT2D eigenvalue weighted by molar-refractivity contribution is 0.103. The molecule has 0 saturated carbocycles. The molecule has 7 heteroatoms. The van der Waals surface area contributed by atoms with Gasteiger partial charge in [-0.25, -0.2) is 4.79 Å². The van der Waals surface area contributed by atoms with Crippen LogP contribution in [0, 0.1) is 0 Å². The van der Waals surface area contributed by atoms with Crippen molar-refractivity contribution in [3.05, 3.63) is 101 Å². The second-order valence-electron chi connectivity index (χ2n) is 11.6. The molecule has 0 fully saturated rings. The van der Waals surface area contributed by atoms with Gasteiger partial charge in [0.25, 0.3) is 0 Å². The van der Waals surface area contributed by atoms with Crippen molar-refractivity contribution < 1.29 is 19.1 Å². The minimum atomic E-state index is -0.523. The third-order valence-corrected chi connectivity index (χ3v) is 7.99. The fourth-order valence-electron chi connectivity index (χ4n) is 5.42. The van der Waals surface area contributed by atoms with Crippen molar-refractivity contribution >= 4 is 23.1 Å². The number of amides is 1. The average Bonchev–Trinajstić information content (AvgIpc) is 3.43. The number of nitrogens with one attached hydrogen (secondary N) is 1. The monoisotopic (exact) mass is 611 g/mol. The number of rotatable bonds is 19. The third-order valence-electron chi connectivity index (χ3n) is 7.99. The number of aryl methyl sites for hydroxylation is 1. The molecule has 0 atom stereocenters. The van der Waals surface area contributed by atoms with Gasteiger partial charge >= 0.3 is 6.09 Å². The number of ether oxygens (including phenoxy) is 2. The maximum Gasteiger partial charge on any atom is 0.411 e. The Morgan fingerprint density at radius 1 is 0.800 bits per heavy atom. The molecule has 0 aliphatic rings. The predicted octanol–water partition coefficient (Wildman–Crippen LogP) is 8.93. The first-order chi connectivity index (χ1) is 22.0. The zero-order valence-corrected chi connectivity index (χ0v) is 27.2. The minimum Gasteiger partial charge on any atom is -0.494 e. The Morgan fingerprint density at radius 2 is 1.49 bits per heavy atom. The van der Waals surface area contributed by atoms with Gasteiger partial charge in [-0.1, -0.05) is 70.4 Å². The predicted molar refractivity (Wildman–Crippen MR) is 183 cm³/mol. The Bertz CT molecular complexity index is 1470. The molecule has 0 aliphatic heterocycles. The summed E-state index contributed by atoms with van der Waals surface area (Å²) in [4.78, 5) is 28.8. The van der Waals surface area contributed by atoms with E-state index >= 15 is 0 Å². The number of nitrogens with zero attached hydrogens (tertiary/aromatic N) is 2. The van der Waals surface area contributed by atoms with Crippen LogP contribution in [0.3, 0.4) is 0 Å². The van der Waals surface area contributed by atoms with E-state index < -0.39 is 6.09 Å². The number of hydrogen-bond donors (Lipinski definition) is 1. The number of aromatic nitrogens is 1. The van der Waals surface area contributed by atoms with Crippen LogP contribution in [0.25, 0.3) is 5.52 Å². The van der Waals surface area contributed by atoms with Crippen LogP contribution in [-0.2, 0) is 17.8 Å². The minimum absolute atomic E-state index is 0.0295. The molecule has 7 nitrogen and oxygen atoms in total. The Morgan fingerprint density at radius 3 is 2.18 bits per heavy atom. The molecular weight excluding hydrogens is 562 g/mol. The zero-order chi connectivity index (χ0) is 31.9. The molecule has 2 aromatic carbocycles. The second-order valence-corrected chi connectivity index (χ2v) is 11.6. The highest BCUT2D eigenvalue weighted by molar-refractivity contribution is 6.09. The van der Waals surface area contributed by atoms with Crippen LogP contribution in [0.15, 0.2) is 79.0 Å². The fourth-order valence-corrected chi connectivity index (χ4v) is 5.42. The van der Waals surface area contributed by atoms with Crippen LogP contribution < -0.4 is 10.1 Å². The topological polar surface area (TPSA) is 72.3 Å². The highest BCUT2D eigenvalue weighted by atomic mass is 16.5. The van der Waals surface area contributed by atoms with E-state index in [1.807, 2.05) is 77.3 Å². The van der Waals surface area contributed by atoms with E-state index in [4.69, 9.17) is 9.47 Å². The van der Waals surface area contributed by atoms with Gasteiger partial charge in [-0.15, -0.1) is 0 Å². The van der Waals surface area contributed by atoms with Crippen molar-refractivity contribution in [3.63, 3.8) is 0 Å². The number of carbonyl (C=O) groups is 2. The summed E-state index contributed by atoms with van der Waals surface area (Å²) >= 11 is 0. The number of anilines is 1. The molecule has 4 aromatic rings. The molecule has 0 bridgehead atoms. The summed E-state index contributed by atoms with van der Waals surface area (Å²) in [5.74, 6) is 0.749. The third kappa shape index (κ3) is 10.2. The molecule has 1 amide bonds. The number of fused-ring (bicyclic) bond motifs is 1. The van der Waals surface area contributed by atoms with Gasteiger partial charge in [0.15, 0.2) is 0 Å². The molecule has 0 spiro atoms. The molecule has 240 valence electrons. The summed E-state index contributed by atoms with van der Waals surface area (Å²) < 4.78 is 13.3. The number of benzene rings is 2. The number of pyridine rings is 1. The molecule has 1 N–H and O–H groups in total. The molecule has 0 saturated heterocycles. The summed E-state index contributed by atoms with van der Waals surface area (Å²) in [5.41, 5.74) is 4.66. The lowest BCUT2D eigenvalue weighted by Gasteiger charge is -2.21.